The minimum Gasteiger partial charge on any atom is -0.492 e. The second kappa shape index (κ2) is 7.80. The number of nitrogens with one attached hydrogen (secondary N) is 1. The minimum absolute atomic E-state index is 0.0485. The summed E-state index contributed by atoms with van der Waals surface area (Å²) in [6.07, 6.45) is 0. The first-order chi connectivity index (χ1) is 11.0. The lowest BCUT2D eigenvalue weighted by Gasteiger charge is -2.08. The number of ether oxygens (including phenoxy) is 1. The fraction of sp³-hybridized carbons (Fsp3) is 0.133. The van der Waals surface area contributed by atoms with Crippen LogP contribution in [0.3, 0.4) is 0 Å². The molecule has 1 amide bonds. The van der Waals surface area contributed by atoms with E-state index in [9.17, 15) is 14.9 Å². The van der Waals surface area contributed by atoms with Gasteiger partial charge < -0.3 is 10.1 Å². The summed E-state index contributed by atoms with van der Waals surface area (Å²) in [6.45, 7) is 0.459. The summed E-state index contributed by atoms with van der Waals surface area (Å²) in [6, 6.07) is 10.5. The van der Waals surface area contributed by atoms with E-state index in [2.05, 4.69) is 5.32 Å². The van der Waals surface area contributed by atoms with Gasteiger partial charge in [0, 0.05) is 17.2 Å². The van der Waals surface area contributed by atoms with E-state index in [-0.39, 0.29) is 29.4 Å². The molecule has 0 aromatic heterocycles. The van der Waals surface area contributed by atoms with Crippen molar-refractivity contribution in [1.82, 2.24) is 5.32 Å². The number of non-ortho nitro benzene ring substituents is 1. The Hall–Kier alpha value is -2.31. The predicted octanol–water partition coefficient (Wildman–Crippen LogP) is 3.71. The third-order valence-electron chi connectivity index (χ3n) is 2.88. The average Bonchev–Trinajstić information content (AvgIpc) is 2.53. The monoisotopic (exact) mass is 354 g/mol. The number of benzene rings is 2. The van der Waals surface area contributed by atoms with Crippen molar-refractivity contribution in [3.63, 3.8) is 0 Å². The number of nitro groups is 1. The molecule has 0 radical (unpaired) electrons. The van der Waals surface area contributed by atoms with Crippen molar-refractivity contribution < 1.29 is 14.5 Å². The van der Waals surface area contributed by atoms with E-state index in [1.165, 1.54) is 12.1 Å². The van der Waals surface area contributed by atoms with Gasteiger partial charge >= 0.3 is 0 Å². The van der Waals surface area contributed by atoms with Gasteiger partial charge in [-0.3, -0.25) is 14.9 Å². The van der Waals surface area contributed by atoms with Gasteiger partial charge in [-0.25, -0.2) is 0 Å². The molecule has 0 heterocycles. The maximum absolute atomic E-state index is 12.0. The quantitative estimate of drug-likeness (QED) is 0.487. The van der Waals surface area contributed by atoms with E-state index in [4.69, 9.17) is 27.9 Å². The molecule has 0 spiro atoms. The second-order valence-electron chi connectivity index (χ2n) is 4.48. The van der Waals surface area contributed by atoms with E-state index >= 15 is 0 Å². The highest BCUT2D eigenvalue weighted by Crippen LogP contribution is 2.22. The lowest BCUT2D eigenvalue weighted by molar-refractivity contribution is -0.384. The Morgan fingerprint density at radius 1 is 1.17 bits per heavy atom. The summed E-state index contributed by atoms with van der Waals surface area (Å²) < 4.78 is 5.42. The van der Waals surface area contributed by atoms with Crippen molar-refractivity contribution in [2.45, 2.75) is 0 Å². The third-order valence-corrected chi connectivity index (χ3v) is 3.46. The second-order valence-corrected chi connectivity index (χ2v) is 5.32. The summed E-state index contributed by atoms with van der Waals surface area (Å²) in [7, 11) is 0. The van der Waals surface area contributed by atoms with Crippen LogP contribution in [0.25, 0.3) is 0 Å². The average molecular weight is 355 g/mol. The smallest absolute Gasteiger partial charge is 0.270 e. The maximum Gasteiger partial charge on any atom is 0.270 e. The first kappa shape index (κ1) is 17.1. The Labute approximate surface area is 142 Å². The molecule has 23 heavy (non-hydrogen) atoms. The van der Waals surface area contributed by atoms with Crippen LogP contribution in [0.15, 0.2) is 42.5 Å². The van der Waals surface area contributed by atoms with Gasteiger partial charge in [-0.2, -0.15) is 0 Å². The van der Waals surface area contributed by atoms with Gasteiger partial charge in [0.25, 0.3) is 11.6 Å². The highest BCUT2D eigenvalue weighted by atomic mass is 35.5. The van der Waals surface area contributed by atoms with Gasteiger partial charge in [-0.05, 0) is 30.3 Å². The molecule has 2 rings (SSSR count). The lowest BCUT2D eigenvalue weighted by Crippen LogP contribution is -2.28. The number of nitro benzene ring substituents is 1. The molecule has 2 aromatic carbocycles. The molecule has 1 N–H and O–H groups in total. The SMILES string of the molecule is O=C(NCCOc1ccc(Cl)cc1)c1cc([N+](=O)[O-])ccc1Cl. The number of amides is 1. The number of hydrogen-bond acceptors (Lipinski definition) is 4. The standard InChI is InChI=1S/C15H12Cl2N2O4/c16-10-1-4-12(5-2-10)23-8-7-18-15(20)13-9-11(19(21)22)3-6-14(13)17/h1-6,9H,7-8H2,(H,18,20). The predicted molar refractivity (Wildman–Crippen MR) is 87.4 cm³/mol. The van der Waals surface area contributed by atoms with Crippen molar-refractivity contribution in [3.05, 3.63) is 68.2 Å². The molecule has 8 heteroatoms. The number of halogens is 2. The van der Waals surface area contributed by atoms with Gasteiger partial charge in [-0.1, -0.05) is 23.2 Å². The topological polar surface area (TPSA) is 81.5 Å². The minimum atomic E-state index is -0.587. The molecule has 0 fully saturated rings. The number of nitrogens with zero attached hydrogens (tertiary/aromatic N) is 1. The van der Waals surface area contributed by atoms with Crippen LogP contribution in [0.2, 0.25) is 10.0 Å². The first-order valence-electron chi connectivity index (χ1n) is 6.58. The van der Waals surface area contributed by atoms with E-state index in [1.807, 2.05) is 0 Å². The zero-order chi connectivity index (χ0) is 16.8. The molecular formula is C15H12Cl2N2O4. The third kappa shape index (κ3) is 4.84. The van der Waals surface area contributed by atoms with E-state index in [0.717, 1.165) is 6.07 Å². The number of carbonyl (C=O) groups excluding carboxylic acids is 1. The van der Waals surface area contributed by atoms with Crippen LogP contribution < -0.4 is 10.1 Å². The Morgan fingerprint density at radius 2 is 1.87 bits per heavy atom. The van der Waals surface area contributed by atoms with E-state index in [0.29, 0.717) is 10.8 Å². The van der Waals surface area contributed by atoms with E-state index in [1.54, 1.807) is 24.3 Å². The molecule has 0 atom stereocenters. The highest BCUT2D eigenvalue weighted by Gasteiger charge is 2.15. The molecule has 6 nitrogen and oxygen atoms in total. The van der Waals surface area contributed by atoms with Gasteiger partial charge in [0.15, 0.2) is 0 Å². The van der Waals surface area contributed by atoms with Crippen LogP contribution in [-0.4, -0.2) is 24.0 Å². The van der Waals surface area contributed by atoms with Gasteiger partial charge in [-0.15, -0.1) is 0 Å². The normalized spacial score (nSPS) is 10.2. The van der Waals surface area contributed by atoms with Crippen molar-refractivity contribution >= 4 is 34.8 Å². The van der Waals surface area contributed by atoms with E-state index < -0.39 is 10.8 Å². The number of carbonyl (C=O) groups is 1. The molecule has 0 aliphatic rings. The van der Waals surface area contributed by atoms with Gasteiger partial charge in [0.05, 0.1) is 22.1 Å². The van der Waals surface area contributed by atoms with Crippen molar-refractivity contribution in [3.8, 4) is 5.75 Å². The van der Waals surface area contributed by atoms with Crippen LogP contribution in [0, 0.1) is 10.1 Å². The van der Waals surface area contributed by atoms with Crippen LogP contribution in [0.1, 0.15) is 10.4 Å². The number of hydrogen-bond donors (Lipinski definition) is 1. The Morgan fingerprint density at radius 3 is 2.52 bits per heavy atom. The fourth-order valence-electron chi connectivity index (χ4n) is 1.76. The molecule has 0 saturated carbocycles. The summed E-state index contributed by atoms with van der Waals surface area (Å²) in [5.41, 5.74) is -0.149. The van der Waals surface area contributed by atoms with Crippen molar-refractivity contribution in [2.24, 2.45) is 0 Å². The maximum atomic E-state index is 12.0. The van der Waals surface area contributed by atoms with Crippen LogP contribution in [-0.2, 0) is 0 Å². The molecule has 0 aliphatic carbocycles. The van der Waals surface area contributed by atoms with Crippen LogP contribution in [0.5, 0.6) is 5.75 Å². The zero-order valence-electron chi connectivity index (χ0n) is 11.8. The Bertz CT molecular complexity index is 720. The molecule has 0 bridgehead atoms. The fourth-order valence-corrected chi connectivity index (χ4v) is 2.09. The first-order valence-corrected chi connectivity index (χ1v) is 7.33. The molecule has 0 aliphatic heterocycles. The summed E-state index contributed by atoms with van der Waals surface area (Å²) >= 11 is 11.7. The molecular weight excluding hydrogens is 343 g/mol. The lowest BCUT2D eigenvalue weighted by atomic mass is 10.2. The van der Waals surface area contributed by atoms with Crippen molar-refractivity contribution in [2.75, 3.05) is 13.2 Å². The summed E-state index contributed by atoms with van der Waals surface area (Å²) in [4.78, 5) is 22.1. The number of rotatable bonds is 6. The Balaban J connectivity index is 1.88. The van der Waals surface area contributed by atoms with Gasteiger partial charge in [0.1, 0.15) is 12.4 Å². The molecule has 120 valence electrons. The highest BCUT2D eigenvalue weighted by molar-refractivity contribution is 6.34. The summed E-state index contributed by atoms with van der Waals surface area (Å²) in [5.74, 6) is 0.121. The van der Waals surface area contributed by atoms with Crippen molar-refractivity contribution in [1.29, 1.82) is 0 Å². The molecule has 2 aromatic rings. The zero-order valence-corrected chi connectivity index (χ0v) is 13.3. The largest absolute Gasteiger partial charge is 0.492 e. The van der Waals surface area contributed by atoms with Crippen LogP contribution in [0.4, 0.5) is 5.69 Å². The van der Waals surface area contributed by atoms with Gasteiger partial charge in [0.2, 0.25) is 0 Å². The Kier molecular flexibility index (Phi) is 5.78. The molecule has 0 saturated heterocycles. The summed E-state index contributed by atoms with van der Waals surface area (Å²) in [5, 5.41) is 14.1. The molecule has 0 unspecified atom stereocenters. The van der Waals surface area contributed by atoms with Crippen LogP contribution >= 0.6 is 23.2 Å².